The Morgan fingerprint density at radius 1 is 0.800 bits per heavy atom. The largest absolute Gasteiger partial charge is 0.235 e. The van der Waals surface area contributed by atoms with E-state index in [0.717, 1.165) is 15.0 Å². The average Bonchev–Trinajstić information content (AvgIpc) is 3.05. The molecule has 0 fully saturated rings. The second kappa shape index (κ2) is 5.29. The Labute approximate surface area is 145 Å². The number of halogens is 2. The van der Waals surface area contributed by atoms with Gasteiger partial charge in [-0.25, -0.2) is 18.7 Å². The van der Waals surface area contributed by atoms with Crippen molar-refractivity contribution in [2.75, 3.05) is 0 Å². The average molecular weight is 348 g/mol. The van der Waals surface area contributed by atoms with Gasteiger partial charge in [-0.15, -0.1) is 11.3 Å². The molecule has 5 aromatic rings. The minimum absolute atomic E-state index is 0.251. The van der Waals surface area contributed by atoms with Gasteiger partial charge in [-0.1, -0.05) is 18.2 Å². The van der Waals surface area contributed by atoms with Crippen molar-refractivity contribution in [3.63, 3.8) is 0 Å². The van der Waals surface area contributed by atoms with Gasteiger partial charge in [0.2, 0.25) is 0 Å². The first-order chi connectivity index (χ1) is 12.2. The summed E-state index contributed by atoms with van der Waals surface area (Å²) in [6.45, 7) is 0. The summed E-state index contributed by atoms with van der Waals surface area (Å²) in [4.78, 5) is 9.43. The van der Waals surface area contributed by atoms with Gasteiger partial charge in [0.05, 0.1) is 10.6 Å². The standard InChI is InChI=1S/C20H10F2N2S/c21-13-5-6-14-12(7-13)8-15-19(23-10-24-20(15)18(14)22)17-9-11-3-1-2-4-16(11)25-17/h1-10H. The normalized spacial score (nSPS) is 11.6. The maximum absolute atomic E-state index is 14.9. The number of benzene rings is 3. The quantitative estimate of drug-likeness (QED) is 0.350. The first-order valence-electron chi connectivity index (χ1n) is 7.72. The summed E-state index contributed by atoms with van der Waals surface area (Å²) in [7, 11) is 0. The molecule has 0 aliphatic rings. The van der Waals surface area contributed by atoms with E-state index in [1.807, 2.05) is 30.3 Å². The molecule has 120 valence electrons. The van der Waals surface area contributed by atoms with Gasteiger partial charge in [0, 0.05) is 15.5 Å². The van der Waals surface area contributed by atoms with E-state index in [0.29, 0.717) is 21.9 Å². The van der Waals surface area contributed by atoms with Gasteiger partial charge in [0.1, 0.15) is 17.7 Å². The number of thiophene rings is 1. The van der Waals surface area contributed by atoms with Gasteiger partial charge in [0.15, 0.2) is 5.82 Å². The van der Waals surface area contributed by atoms with Crippen molar-refractivity contribution in [3.8, 4) is 10.6 Å². The molecule has 0 saturated carbocycles. The Bertz CT molecular complexity index is 1240. The zero-order valence-electron chi connectivity index (χ0n) is 12.8. The van der Waals surface area contributed by atoms with Crippen molar-refractivity contribution in [3.05, 3.63) is 72.6 Å². The SMILES string of the molecule is Fc1ccc2c(F)c3ncnc(-c4cc5ccccc5s4)c3cc2c1. The summed E-state index contributed by atoms with van der Waals surface area (Å²) in [6.07, 6.45) is 1.38. The summed E-state index contributed by atoms with van der Waals surface area (Å²) in [5, 5.41) is 2.56. The molecule has 25 heavy (non-hydrogen) atoms. The first-order valence-corrected chi connectivity index (χ1v) is 8.54. The third kappa shape index (κ3) is 2.20. The maximum atomic E-state index is 14.9. The molecule has 2 aromatic heterocycles. The van der Waals surface area contributed by atoms with E-state index in [1.165, 1.54) is 24.5 Å². The molecule has 0 spiro atoms. The number of hydrogen-bond acceptors (Lipinski definition) is 3. The van der Waals surface area contributed by atoms with Crippen LogP contribution in [0.5, 0.6) is 0 Å². The summed E-state index contributed by atoms with van der Waals surface area (Å²) < 4.78 is 29.6. The number of hydrogen-bond donors (Lipinski definition) is 0. The molecule has 3 aromatic carbocycles. The van der Waals surface area contributed by atoms with Crippen LogP contribution in [-0.2, 0) is 0 Å². The lowest BCUT2D eigenvalue weighted by Crippen LogP contribution is -1.92. The Kier molecular flexibility index (Phi) is 3.05. The molecule has 0 amide bonds. The van der Waals surface area contributed by atoms with Crippen LogP contribution < -0.4 is 0 Å². The molecule has 0 radical (unpaired) electrons. The van der Waals surface area contributed by atoms with Gasteiger partial charge in [-0.05, 0) is 47.2 Å². The van der Waals surface area contributed by atoms with E-state index in [4.69, 9.17) is 0 Å². The van der Waals surface area contributed by atoms with E-state index in [-0.39, 0.29) is 5.52 Å². The van der Waals surface area contributed by atoms with Crippen LogP contribution in [0.25, 0.3) is 42.3 Å². The highest BCUT2D eigenvalue weighted by Crippen LogP contribution is 2.37. The van der Waals surface area contributed by atoms with E-state index >= 15 is 0 Å². The molecule has 0 N–H and O–H groups in total. The van der Waals surface area contributed by atoms with E-state index in [9.17, 15) is 8.78 Å². The molecule has 2 nitrogen and oxygen atoms in total. The molecule has 0 aliphatic carbocycles. The third-order valence-electron chi connectivity index (χ3n) is 4.30. The van der Waals surface area contributed by atoms with E-state index in [1.54, 1.807) is 17.4 Å². The molecule has 2 heterocycles. The summed E-state index contributed by atoms with van der Waals surface area (Å²) in [5.41, 5.74) is 0.915. The number of rotatable bonds is 1. The maximum Gasteiger partial charge on any atom is 0.157 e. The predicted molar refractivity (Wildman–Crippen MR) is 97.8 cm³/mol. The molecule has 0 atom stereocenters. The highest BCUT2D eigenvalue weighted by molar-refractivity contribution is 7.22. The minimum Gasteiger partial charge on any atom is -0.235 e. The van der Waals surface area contributed by atoms with Crippen molar-refractivity contribution in [2.24, 2.45) is 0 Å². The van der Waals surface area contributed by atoms with Crippen LogP contribution in [-0.4, -0.2) is 9.97 Å². The fourth-order valence-electron chi connectivity index (χ4n) is 3.14. The van der Waals surface area contributed by atoms with Crippen LogP contribution in [0.2, 0.25) is 0 Å². The van der Waals surface area contributed by atoms with Gasteiger partial charge >= 0.3 is 0 Å². The molecule has 5 heteroatoms. The summed E-state index contributed by atoms with van der Waals surface area (Å²) >= 11 is 1.59. The zero-order valence-corrected chi connectivity index (χ0v) is 13.6. The lowest BCUT2D eigenvalue weighted by atomic mass is 10.0. The first kappa shape index (κ1) is 14.4. The third-order valence-corrected chi connectivity index (χ3v) is 5.42. The molecular formula is C20H10F2N2S. The second-order valence-corrected chi connectivity index (χ2v) is 6.91. The van der Waals surface area contributed by atoms with Crippen LogP contribution in [0, 0.1) is 11.6 Å². The molecule has 0 bridgehead atoms. The van der Waals surface area contributed by atoms with E-state index in [2.05, 4.69) is 9.97 Å². The fraction of sp³-hybridized carbons (Fsp3) is 0. The zero-order chi connectivity index (χ0) is 17.0. The number of aromatic nitrogens is 2. The van der Waals surface area contributed by atoms with Gasteiger partial charge < -0.3 is 0 Å². The van der Waals surface area contributed by atoms with Gasteiger partial charge in [-0.3, -0.25) is 0 Å². The van der Waals surface area contributed by atoms with Gasteiger partial charge in [-0.2, -0.15) is 0 Å². The van der Waals surface area contributed by atoms with Crippen molar-refractivity contribution in [1.82, 2.24) is 9.97 Å². The molecular weight excluding hydrogens is 338 g/mol. The summed E-state index contributed by atoms with van der Waals surface area (Å²) in [5.74, 6) is -0.844. The summed E-state index contributed by atoms with van der Waals surface area (Å²) in [6, 6.07) is 15.9. The monoisotopic (exact) mass is 348 g/mol. The topological polar surface area (TPSA) is 25.8 Å². The van der Waals surface area contributed by atoms with E-state index < -0.39 is 11.6 Å². The fourth-order valence-corrected chi connectivity index (χ4v) is 4.21. The molecule has 0 unspecified atom stereocenters. The van der Waals surface area contributed by atoms with Crippen LogP contribution in [0.3, 0.4) is 0 Å². The van der Waals surface area contributed by atoms with Crippen LogP contribution in [0.4, 0.5) is 8.78 Å². The Morgan fingerprint density at radius 3 is 2.56 bits per heavy atom. The van der Waals surface area contributed by atoms with Crippen molar-refractivity contribution in [2.45, 2.75) is 0 Å². The Hall–Kier alpha value is -2.92. The van der Waals surface area contributed by atoms with Crippen molar-refractivity contribution < 1.29 is 8.78 Å². The predicted octanol–water partition coefficient (Wildman–Crippen LogP) is 5.94. The molecule has 0 aliphatic heterocycles. The smallest absolute Gasteiger partial charge is 0.157 e. The second-order valence-electron chi connectivity index (χ2n) is 5.82. The highest BCUT2D eigenvalue weighted by atomic mass is 32.1. The number of nitrogens with zero attached hydrogens (tertiary/aromatic N) is 2. The Morgan fingerprint density at radius 2 is 1.68 bits per heavy atom. The van der Waals surface area contributed by atoms with Crippen LogP contribution >= 0.6 is 11.3 Å². The Balaban J connectivity index is 1.87. The van der Waals surface area contributed by atoms with Crippen LogP contribution in [0.15, 0.2) is 60.9 Å². The highest BCUT2D eigenvalue weighted by Gasteiger charge is 2.15. The lowest BCUT2D eigenvalue weighted by Gasteiger charge is -2.07. The number of fused-ring (bicyclic) bond motifs is 3. The minimum atomic E-state index is -0.447. The molecule has 0 saturated heterocycles. The lowest BCUT2D eigenvalue weighted by molar-refractivity contribution is 0.628. The van der Waals surface area contributed by atoms with Crippen molar-refractivity contribution in [1.29, 1.82) is 0 Å². The van der Waals surface area contributed by atoms with Crippen LogP contribution in [0.1, 0.15) is 0 Å². The van der Waals surface area contributed by atoms with Crippen molar-refractivity contribution >= 4 is 43.1 Å². The van der Waals surface area contributed by atoms with Gasteiger partial charge in [0.25, 0.3) is 0 Å². The molecule has 5 rings (SSSR count).